The van der Waals surface area contributed by atoms with Crippen molar-refractivity contribution in [2.24, 2.45) is 5.41 Å². The minimum absolute atomic E-state index is 0.00734. The van der Waals surface area contributed by atoms with Gasteiger partial charge < -0.3 is 10.4 Å². The van der Waals surface area contributed by atoms with Crippen molar-refractivity contribution in [1.29, 1.82) is 0 Å². The largest absolute Gasteiger partial charge is 0.394 e. The number of benzene rings is 1. The fraction of sp³-hybridized carbons (Fsp3) is 0.500. The highest BCUT2D eigenvalue weighted by Gasteiger charge is 2.26. The lowest BCUT2D eigenvalue weighted by Crippen LogP contribution is -2.37. The van der Waals surface area contributed by atoms with Crippen molar-refractivity contribution in [1.82, 2.24) is 0 Å². The van der Waals surface area contributed by atoms with Crippen LogP contribution in [-0.2, 0) is 0 Å². The molecular weight excluding hydrogens is 300 g/mol. The molecule has 6 heteroatoms. The molecule has 0 amide bonds. The SMILES string of the molecule is CC(C)(C)C(CO)Nc1ccc(Br)cc1[N+](=O)[O-]. The quantitative estimate of drug-likeness (QED) is 0.660. The minimum Gasteiger partial charge on any atom is -0.394 e. The van der Waals surface area contributed by atoms with Gasteiger partial charge in [-0.2, -0.15) is 0 Å². The Kier molecular flexibility index (Phi) is 4.70. The van der Waals surface area contributed by atoms with Gasteiger partial charge in [0.1, 0.15) is 5.69 Å². The standard InChI is InChI=1S/C12H17BrN2O3/c1-12(2,3)11(7-16)14-9-5-4-8(13)6-10(9)15(17)18/h4-6,11,14,16H,7H2,1-3H3. The van der Waals surface area contributed by atoms with Gasteiger partial charge in [0.05, 0.1) is 17.6 Å². The molecule has 1 rings (SSSR count). The first kappa shape index (κ1) is 14.9. The topological polar surface area (TPSA) is 75.4 Å². The van der Waals surface area contributed by atoms with Crippen molar-refractivity contribution in [2.75, 3.05) is 11.9 Å². The first-order valence-electron chi connectivity index (χ1n) is 5.57. The number of nitrogens with one attached hydrogen (secondary N) is 1. The Labute approximate surface area is 114 Å². The Morgan fingerprint density at radius 2 is 2.11 bits per heavy atom. The second kappa shape index (κ2) is 5.67. The zero-order chi connectivity index (χ0) is 13.9. The number of nitro benzene ring substituents is 1. The molecule has 2 N–H and O–H groups in total. The van der Waals surface area contributed by atoms with Gasteiger partial charge in [-0.3, -0.25) is 10.1 Å². The van der Waals surface area contributed by atoms with Crippen molar-refractivity contribution in [3.63, 3.8) is 0 Å². The smallest absolute Gasteiger partial charge is 0.293 e. The summed E-state index contributed by atoms with van der Waals surface area (Å²) in [7, 11) is 0. The molecule has 100 valence electrons. The summed E-state index contributed by atoms with van der Waals surface area (Å²) >= 11 is 3.21. The Hall–Kier alpha value is -1.14. The Morgan fingerprint density at radius 3 is 2.56 bits per heavy atom. The van der Waals surface area contributed by atoms with Gasteiger partial charge in [-0.1, -0.05) is 36.7 Å². The van der Waals surface area contributed by atoms with E-state index in [-0.39, 0.29) is 23.8 Å². The molecule has 1 unspecified atom stereocenters. The molecule has 1 atom stereocenters. The van der Waals surface area contributed by atoms with Gasteiger partial charge in [0.15, 0.2) is 0 Å². The van der Waals surface area contributed by atoms with Crippen LogP contribution >= 0.6 is 15.9 Å². The lowest BCUT2D eigenvalue weighted by molar-refractivity contribution is -0.384. The average Bonchev–Trinajstić information content (AvgIpc) is 2.25. The molecular formula is C12H17BrN2O3. The molecule has 0 saturated carbocycles. The highest BCUT2D eigenvalue weighted by atomic mass is 79.9. The number of halogens is 1. The maximum absolute atomic E-state index is 11.0. The predicted molar refractivity (Wildman–Crippen MR) is 74.7 cm³/mol. The maximum Gasteiger partial charge on any atom is 0.293 e. The van der Waals surface area contributed by atoms with E-state index in [1.165, 1.54) is 6.07 Å². The third kappa shape index (κ3) is 3.68. The van der Waals surface area contributed by atoms with Crippen molar-refractivity contribution in [3.05, 3.63) is 32.8 Å². The molecule has 18 heavy (non-hydrogen) atoms. The van der Waals surface area contributed by atoms with Crippen LogP contribution in [0.5, 0.6) is 0 Å². The number of hydrogen-bond acceptors (Lipinski definition) is 4. The molecule has 5 nitrogen and oxygen atoms in total. The predicted octanol–water partition coefficient (Wildman–Crippen LogP) is 3.18. The summed E-state index contributed by atoms with van der Waals surface area (Å²) in [6.45, 7) is 5.81. The number of anilines is 1. The van der Waals surface area contributed by atoms with Gasteiger partial charge in [-0.15, -0.1) is 0 Å². The van der Waals surface area contributed by atoms with E-state index in [1.807, 2.05) is 20.8 Å². The van der Waals surface area contributed by atoms with Crippen molar-refractivity contribution < 1.29 is 10.0 Å². The van der Waals surface area contributed by atoms with Crippen LogP contribution in [0.2, 0.25) is 0 Å². The van der Waals surface area contributed by atoms with E-state index in [1.54, 1.807) is 12.1 Å². The fourth-order valence-corrected chi connectivity index (χ4v) is 1.85. The molecule has 0 aliphatic heterocycles. The molecule has 0 spiro atoms. The molecule has 0 bridgehead atoms. The maximum atomic E-state index is 11.0. The molecule has 0 aliphatic rings. The normalized spacial score (nSPS) is 13.2. The molecule has 0 aliphatic carbocycles. The molecule has 1 aromatic carbocycles. The molecule has 0 heterocycles. The number of hydrogen-bond donors (Lipinski definition) is 2. The zero-order valence-electron chi connectivity index (χ0n) is 10.6. The number of nitrogens with zero attached hydrogens (tertiary/aromatic N) is 1. The monoisotopic (exact) mass is 316 g/mol. The molecule has 0 radical (unpaired) electrons. The van der Waals surface area contributed by atoms with E-state index in [2.05, 4.69) is 21.2 Å². The Bertz CT molecular complexity index is 443. The zero-order valence-corrected chi connectivity index (χ0v) is 12.2. The summed E-state index contributed by atoms with van der Waals surface area (Å²) in [5.74, 6) is 0. The fourth-order valence-electron chi connectivity index (χ4n) is 1.50. The highest BCUT2D eigenvalue weighted by molar-refractivity contribution is 9.10. The second-order valence-corrected chi connectivity index (χ2v) is 6.08. The summed E-state index contributed by atoms with van der Waals surface area (Å²) in [5.41, 5.74) is 0.208. The Balaban J connectivity index is 3.07. The molecule has 0 fully saturated rings. The summed E-state index contributed by atoms with van der Waals surface area (Å²) in [4.78, 5) is 10.5. The minimum atomic E-state index is -0.440. The summed E-state index contributed by atoms with van der Waals surface area (Å²) in [6, 6.07) is 4.56. The highest BCUT2D eigenvalue weighted by Crippen LogP contribution is 2.31. The van der Waals surface area contributed by atoms with Gasteiger partial charge in [-0.05, 0) is 17.5 Å². The third-order valence-electron chi connectivity index (χ3n) is 2.71. The molecule has 0 aromatic heterocycles. The summed E-state index contributed by atoms with van der Waals surface area (Å²) < 4.78 is 0.649. The van der Waals surface area contributed by atoms with E-state index in [0.717, 1.165) is 0 Å². The van der Waals surface area contributed by atoms with Crippen LogP contribution in [0.1, 0.15) is 20.8 Å². The Morgan fingerprint density at radius 1 is 1.50 bits per heavy atom. The van der Waals surface area contributed by atoms with Crippen molar-refractivity contribution in [3.8, 4) is 0 Å². The van der Waals surface area contributed by atoms with Gasteiger partial charge in [0.2, 0.25) is 0 Å². The lowest BCUT2D eigenvalue weighted by atomic mass is 9.87. The van der Waals surface area contributed by atoms with Gasteiger partial charge >= 0.3 is 0 Å². The van der Waals surface area contributed by atoms with Crippen LogP contribution in [0.4, 0.5) is 11.4 Å². The van der Waals surface area contributed by atoms with Crippen LogP contribution in [-0.4, -0.2) is 22.7 Å². The van der Waals surface area contributed by atoms with E-state index >= 15 is 0 Å². The second-order valence-electron chi connectivity index (χ2n) is 5.16. The van der Waals surface area contributed by atoms with E-state index in [9.17, 15) is 15.2 Å². The number of aliphatic hydroxyl groups is 1. The third-order valence-corrected chi connectivity index (χ3v) is 3.21. The van der Waals surface area contributed by atoms with Crippen LogP contribution in [0.25, 0.3) is 0 Å². The summed E-state index contributed by atoms with van der Waals surface area (Å²) in [6.07, 6.45) is 0. The van der Waals surface area contributed by atoms with E-state index < -0.39 is 4.92 Å². The van der Waals surface area contributed by atoms with Gasteiger partial charge in [0.25, 0.3) is 5.69 Å². The number of nitro groups is 1. The van der Waals surface area contributed by atoms with Gasteiger partial charge in [-0.25, -0.2) is 0 Å². The molecule has 1 aromatic rings. The lowest BCUT2D eigenvalue weighted by Gasteiger charge is -2.30. The average molecular weight is 317 g/mol. The van der Waals surface area contributed by atoms with Crippen LogP contribution in [0.15, 0.2) is 22.7 Å². The number of aliphatic hydroxyl groups excluding tert-OH is 1. The molecule has 0 saturated heterocycles. The van der Waals surface area contributed by atoms with Crippen molar-refractivity contribution in [2.45, 2.75) is 26.8 Å². The van der Waals surface area contributed by atoms with Crippen molar-refractivity contribution >= 4 is 27.3 Å². The first-order chi connectivity index (χ1) is 8.25. The summed E-state index contributed by atoms with van der Waals surface area (Å²) in [5, 5.41) is 23.4. The van der Waals surface area contributed by atoms with Gasteiger partial charge in [0, 0.05) is 10.5 Å². The van der Waals surface area contributed by atoms with E-state index in [0.29, 0.717) is 10.2 Å². The van der Waals surface area contributed by atoms with E-state index in [4.69, 9.17) is 0 Å². The van der Waals surface area contributed by atoms with Crippen LogP contribution in [0, 0.1) is 15.5 Å². The first-order valence-corrected chi connectivity index (χ1v) is 6.36. The number of rotatable bonds is 4. The van der Waals surface area contributed by atoms with Crippen LogP contribution < -0.4 is 5.32 Å². The van der Waals surface area contributed by atoms with Crippen LogP contribution in [0.3, 0.4) is 0 Å².